The molecule has 0 aromatic heterocycles. The van der Waals surface area contributed by atoms with Crippen LogP contribution in [0, 0.1) is 11.3 Å². The van der Waals surface area contributed by atoms with Crippen molar-refractivity contribution < 1.29 is 9.53 Å². The van der Waals surface area contributed by atoms with Crippen LogP contribution < -0.4 is 0 Å². The van der Waals surface area contributed by atoms with E-state index >= 15 is 0 Å². The first kappa shape index (κ1) is 13.8. The number of hydrogen-bond acceptors (Lipinski definition) is 3. The van der Waals surface area contributed by atoms with Gasteiger partial charge in [-0.2, -0.15) is 5.26 Å². The van der Waals surface area contributed by atoms with E-state index in [9.17, 15) is 4.79 Å². The molecule has 3 heteroatoms. The number of nitrogens with zero attached hydrogens (tertiary/aromatic N) is 1. The first-order chi connectivity index (χ1) is 9.78. The summed E-state index contributed by atoms with van der Waals surface area (Å²) in [4.78, 5) is 11.7. The van der Waals surface area contributed by atoms with Crippen LogP contribution in [0.1, 0.15) is 23.1 Å². The average molecular weight is 265 g/mol. The number of hydrogen-bond donors (Lipinski definition) is 0. The first-order valence-corrected chi connectivity index (χ1v) is 6.46. The summed E-state index contributed by atoms with van der Waals surface area (Å²) < 4.78 is 5.20. The highest BCUT2D eigenvalue weighted by molar-refractivity contribution is 5.69. The van der Waals surface area contributed by atoms with Crippen molar-refractivity contribution in [3.05, 3.63) is 71.3 Å². The lowest BCUT2D eigenvalue weighted by Gasteiger charge is -2.05. The van der Waals surface area contributed by atoms with E-state index in [2.05, 4.69) is 6.07 Å². The fraction of sp³-hybridized carbons (Fsp3) is 0.176. The van der Waals surface area contributed by atoms with Crippen LogP contribution in [0.15, 0.2) is 54.6 Å². The van der Waals surface area contributed by atoms with Crippen molar-refractivity contribution in [3.63, 3.8) is 0 Å². The smallest absolute Gasteiger partial charge is 0.306 e. The Morgan fingerprint density at radius 1 is 1.05 bits per heavy atom. The Kier molecular flexibility index (Phi) is 4.91. The standard InChI is InChI=1S/C17H15NO2/c18-12-15-7-4-8-16(11-15)13-20-17(19)10-9-14-5-2-1-3-6-14/h1-8,11H,9-10,13H2. The summed E-state index contributed by atoms with van der Waals surface area (Å²) in [6.45, 7) is 0.211. The topological polar surface area (TPSA) is 50.1 Å². The predicted molar refractivity (Wildman–Crippen MR) is 75.7 cm³/mol. The average Bonchev–Trinajstić information content (AvgIpc) is 2.52. The van der Waals surface area contributed by atoms with E-state index in [0.717, 1.165) is 11.1 Å². The molecule has 0 spiro atoms. The maximum absolute atomic E-state index is 11.7. The minimum Gasteiger partial charge on any atom is -0.461 e. The van der Waals surface area contributed by atoms with Crippen molar-refractivity contribution in [1.82, 2.24) is 0 Å². The Morgan fingerprint density at radius 3 is 2.55 bits per heavy atom. The third-order valence-corrected chi connectivity index (χ3v) is 2.92. The summed E-state index contributed by atoms with van der Waals surface area (Å²) in [7, 11) is 0. The second-order valence-electron chi connectivity index (χ2n) is 4.46. The summed E-state index contributed by atoms with van der Waals surface area (Å²) in [5.74, 6) is -0.226. The van der Waals surface area contributed by atoms with Gasteiger partial charge in [-0.15, -0.1) is 0 Å². The third kappa shape index (κ3) is 4.25. The van der Waals surface area contributed by atoms with E-state index in [1.807, 2.05) is 36.4 Å². The van der Waals surface area contributed by atoms with Crippen molar-refractivity contribution in [2.24, 2.45) is 0 Å². The van der Waals surface area contributed by atoms with Crippen LogP contribution in [-0.4, -0.2) is 5.97 Å². The second kappa shape index (κ2) is 7.10. The molecule has 0 saturated carbocycles. The Bertz CT molecular complexity index is 614. The zero-order valence-corrected chi connectivity index (χ0v) is 11.1. The molecule has 3 nitrogen and oxygen atoms in total. The molecule has 0 atom stereocenters. The highest BCUT2D eigenvalue weighted by atomic mass is 16.5. The largest absolute Gasteiger partial charge is 0.461 e. The quantitative estimate of drug-likeness (QED) is 0.780. The molecule has 2 aromatic rings. The maximum atomic E-state index is 11.7. The Labute approximate surface area is 118 Å². The van der Waals surface area contributed by atoms with Gasteiger partial charge < -0.3 is 4.74 Å². The highest BCUT2D eigenvalue weighted by Gasteiger charge is 2.04. The van der Waals surface area contributed by atoms with Crippen LogP contribution in [0.2, 0.25) is 0 Å². The summed E-state index contributed by atoms with van der Waals surface area (Å²) >= 11 is 0. The molecule has 20 heavy (non-hydrogen) atoms. The van der Waals surface area contributed by atoms with Gasteiger partial charge in [-0.3, -0.25) is 4.79 Å². The molecule has 0 saturated heterocycles. The van der Waals surface area contributed by atoms with Gasteiger partial charge in [-0.05, 0) is 29.7 Å². The van der Waals surface area contributed by atoms with E-state index in [4.69, 9.17) is 10.00 Å². The molecule has 2 aromatic carbocycles. The Balaban J connectivity index is 1.79. The minimum atomic E-state index is -0.226. The summed E-state index contributed by atoms with van der Waals surface area (Å²) in [6.07, 6.45) is 1.04. The lowest BCUT2D eigenvalue weighted by Crippen LogP contribution is -2.06. The van der Waals surface area contributed by atoms with Crippen LogP contribution >= 0.6 is 0 Å². The molecule has 0 N–H and O–H groups in total. The van der Waals surface area contributed by atoms with Crippen LogP contribution in [-0.2, 0) is 22.6 Å². The molecular formula is C17H15NO2. The fourth-order valence-corrected chi connectivity index (χ4v) is 1.86. The number of rotatable bonds is 5. The number of aryl methyl sites for hydroxylation is 1. The van der Waals surface area contributed by atoms with Gasteiger partial charge >= 0.3 is 5.97 Å². The van der Waals surface area contributed by atoms with Gasteiger partial charge in [0.15, 0.2) is 0 Å². The van der Waals surface area contributed by atoms with Crippen molar-refractivity contribution in [2.75, 3.05) is 0 Å². The lowest BCUT2D eigenvalue weighted by atomic mass is 10.1. The van der Waals surface area contributed by atoms with Gasteiger partial charge in [0.1, 0.15) is 6.61 Å². The van der Waals surface area contributed by atoms with Crippen molar-refractivity contribution >= 4 is 5.97 Å². The van der Waals surface area contributed by atoms with E-state index < -0.39 is 0 Å². The van der Waals surface area contributed by atoms with Crippen LogP contribution in [0.3, 0.4) is 0 Å². The van der Waals surface area contributed by atoms with Gasteiger partial charge in [-0.25, -0.2) is 0 Å². The second-order valence-corrected chi connectivity index (χ2v) is 4.46. The van der Waals surface area contributed by atoms with Gasteiger partial charge in [0.2, 0.25) is 0 Å². The molecule has 0 aliphatic rings. The van der Waals surface area contributed by atoms with E-state index in [1.54, 1.807) is 18.2 Å². The fourth-order valence-electron chi connectivity index (χ4n) is 1.86. The molecule has 0 amide bonds. The van der Waals surface area contributed by atoms with Gasteiger partial charge in [-0.1, -0.05) is 42.5 Å². The summed E-state index contributed by atoms with van der Waals surface area (Å²) in [5.41, 5.74) is 2.52. The molecule has 0 aliphatic heterocycles. The number of carbonyl (C=O) groups excluding carboxylic acids is 1. The zero-order valence-electron chi connectivity index (χ0n) is 11.1. The Morgan fingerprint density at radius 2 is 1.80 bits per heavy atom. The van der Waals surface area contributed by atoms with Crippen LogP contribution in [0.25, 0.3) is 0 Å². The maximum Gasteiger partial charge on any atom is 0.306 e. The van der Waals surface area contributed by atoms with Crippen LogP contribution in [0.4, 0.5) is 0 Å². The molecule has 100 valence electrons. The van der Waals surface area contributed by atoms with Crippen molar-refractivity contribution in [2.45, 2.75) is 19.4 Å². The van der Waals surface area contributed by atoms with Crippen LogP contribution in [0.5, 0.6) is 0 Å². The monoisotopic (exact) mass is 265 g/mol. The minimum absolute atomic E-state index is 0.211. The number of carbonyl (C=O) groups is 1. The molecule has 0 bridgehead atoms. The number of nitriles is 1. The third-order valence-electron chi connectivity index (χ3n) is 2.92. The lowest BCUT2D eigenvalue weighted by molar-refractivity contribution is -0.144. The van der Waals surface area contributed by atoms with E-state index in [-0.39, 0.29) is 12.6 Å². The molecule has 0 unspecified atom stereocenters. The van der Waals surface area contributed by atoms with E-state index in [0.29, 0.717) is 18.4 Å². The summed E-state index contributed by atoms with van der Waals surface area (Å²) in [6, 6.07) is 19.0. The van der Waals surface area contributed by atoms with Gasteiger partial charge in [0.25, 0.3) is 0 Å². The van der Waals surface area contributed by atoms with E-state index in [1.165, 1.54) is 0 Å². The first-order valence-electron chi connectivity index (χ1n) is 6.46. The molecule has 0 radical (unpaired) electrons. The molecule has 0 fully saturated rings. The highest BCUT2D eigenvalue weighted by Crippen LogP contribution is 2.08. The SMILES string of the molecule is N#Cc1cccc(COC(=O)CCc2ccccc2)c1. The number of ether oxygens (including phenoxy) is 1. The zero-order chi connectivity index (χ0) is 14.2. The molecule has 2 rings (SSSR count). The Hall–Kier alpha value is -2.60. The predicted octanol–water partition coefficient (Wildman–Crippen LogP) is 3.23. The van der Waals surface area contributed by atoms with Crippen molar-refractivity contribution in [3.8, 4) is 6.07 Å². The van der Waals surface area contributed by atoms with Crippen molar-refractivity contribution in [1.29, 1.82) is 5.26 Å². The molecule has 0 aliphatic carbocycles. The molecule has 0 heterocycles. The van der Waals surface area contributed by atoms with Gasteiger partial charge in [0, 0.05) is 6.42 Å². The molecular weight excluding hydrogens is 250 g/mol. The number of benzene rings is 2. The normalized spacial score (nSPS) is 9.75. The number of esters is 1. The summed E-state index contributed by atoms with van der Waals surface area (Å²) in [5, 5.41) is 8.79. The van der Waals surface area contributed by atoms with Gasteiger partial charge in [0.05, 0.1) is 11.6 Å².